The first-order valence-corrected chi connectivity index (χ1v) is 9.07. The quantitative estimate of drug-likeness (QED) is 0.654. The van der Waals surface area contributed by atoms with Crippen LogP contribution >= 0.6 is 0 Å². The van der Waals surface area contributed by atoms with Crippen LogP contribution < -0.4 is 21.3 Å². The molecule has 28 heavy (non-hydrogen) atoms. The zero-order valence-corrected chi connectivity index (χ0v) is 15.4. The number of aliphatic hydroxyl groups excluding tert-OH is 1. The molecular weight excluding hydrogens is 360 g/mol. The average molecular weight is 382 g/mol. The van der Waals surface area contributed by atoms with Crippen molar-refractivity contribution in [2.45, 2.75) is 18.4 Å². The maximum absolute atomic E-state index is 12.8. The van der Waals surface area contributed by atoms with Crippen LogP contribution in [0.3, 0.4) is 0 Å². The van der Waals surface area contributed by atoms with Crippen LogP contribution in [0.2, 0.25) is 0 Å². The monoisotopic (exact) mass is 382 g/mol. The van der Waals surface area contributed by atoms with Gasteiger partial charge < -0.3 is 21.5 Å². The van der Waals surface area contributed by atoms with Crippen molar-refractivity contribution in [2.75, 3.05) is 29.5 Å². The van der Waals surface area contributed by atoms with E-state index >= 15 is 0 Å². The molecule has 0 radical (unpaired) electrons. The molecule has 9 nitrogen and oxygen atoms in total. The van der Waals surface area contributed by atoms with Crippen LogP contribution in [0.4, 0.5) is 17.3 Å². The predicted molar refractivity (Wildman–Crippen MR) is 103 cm³/mol. The molecule has 4 rings (SSSR count). The lowest BCUT2D eigenvalue weighted by molar-refractivity contribution is -0.130. The van der Waals surface area contributed by atoms with Crippen LogP contribution in [0.25, 0.3) is 0 Å². The highest BCUT2D eigenvalue weighted by Gasteiger charge is 2.62. The van der Waals surface area contributed by atoms with Crippen LogP contribution in [0.1, 0.15) is 18.5 Å². The Kier molecular flexibility index (Phi) is 4.19. The highest BCUT2D eigenvalue weighted by atomic mass is 16.3. The number of pyridine rings is 2. The molecule has 3 atom stereocenters. The molecule has 2 unspecified atom stereocenters. The van der Waals surface area contributed by atoms with Crippen molar-refractivity contribution in [3.63, 3.8) is 0 Å². The number of primary amides is 2. The Morgan fingerprint density at radius 3 is 2.71 bits per heavy atom. The summed E-state index contributed by atoms with van der Waals surface area (Å²) in [6, 6.07) is 9.01. The smallest absolute Gasteiger partial charge is 0.246 e. The molecule has 2 aromatic heterocycles. The van der Waals surface area contributed by atoms with Gasteiger partial charge in [0.15, 0.2) is 11.4 Å². The average Bonchev–Trinajstić information content (AvgIpc) is 3.05. The molecule has 2 aliphatic rings. The van der Waals surface area contributed by atoms with E-state index in [-0.39, 0.29) is 25.6 Å². The summed E-state index contributed by atoms with van der Waals surface area (Å²) in [7, 11) is 0. The Morgan fingerprint density at radius 1 is 1.32 bits per heavy atom. The van der Waals surface area contributed by atoms with Crippen LogP contribution in [-0.4, -0.2) is 52.1 Å². The number of anilines is 3. The SMILES string of the molecule is CC(CO)c1ccc2c(n1)N(c1ccccn1)[C@]1(C(N)=O)CN2CC1C(N)=O. The van der Waals surface area contributed by atoms with Gasteiger partial charge in [0.05, 0.1) is 24.8 Å². The van der Waals surface area contributed by atoms with E-state index in [9.17, 15) is 14.7 Å². The second kappa shape index (κ2) is 6.45. The van der Waals surface area contributed by atoms with Gasteiger partial charge in [0.2, 0.25) is 11.8 Å². The topological polar surface area (TPSA) is 139 Å². The van der Waals surface area contributed by atoms with Crippen molar-refractivity contribution in [3.05, 3.63) is 42.2 Å². The number of aromatic nitrogens is 2. The second-order valence-corrected chi connectivity index (χ2v) is 7.31. The van der Waals surface area contributed by atoms with Crippen LogP contribution in [-0.2, 0) is 9.59 Å². The van der Waals surface area contributed by atoms with Crippen molar-refractivity contribution < 1.29 is 14.7 Å². The molecule has 146 valence electrons. The first kappa shape index (κ1) is 18.2. The molecule has 2 amide bonds. The maximum atomic E-state index is 12.8. The minimum absolute atomic E-state index is 0.0655. The van der Waals surface area contributed by atoms with Gasteiger partial charge in [-0.15, -0.1) is 0 Å². The molecule has 0 spiro atoms. The number of carbonyl (C=O) groups is 2. The molecule has 0 saturated carbocycles. The van der Waals surface area contributed by atoms with Gasteiger partial charge in [0.1, 0.15) is 5.82 Å². The number of carbonyl (C=O) groups excluding carboxylic acids is 2. The number of hydrogen-bond donors (Lipinski definition) is 3. The number of aliphatic hydroxyl groups is 1. The van der Waals surface area contributed by atoms with Gasteiger partial charge in [0.25, 0.3) is 0 Å². The minimum atomic E-state index is -1.39. The fraction of sp³-hybridized carbons (Fsp3) is 0.368. The zero-order chi connectivity index (χ0) is 20.1. The summed E-state index contributed by atoms with van der Waals surface area (Å²) in [4.78, 5) is 37.7. The molecule has 9 heteroatoms. The molecule has 2 aromatic rings. The summed E-state index contributed by atoms with van der Waals surface area (Å²) in [5.41, 5.74) is 11.6. The summed E-state index contributed by atoms with van der Waals surface area (Å²) in [5, 5.41) is 9.53. The standard InChI is InChI=1S/C19H22N6O3/c1-11(9-26)13-5-6-14-17(23-13)25(15-4-2-3-7-22-15)19(18(21)28)10-24(14)8-12(19)16(20)27/h2-7,11-12,26H,8-10H2,1H3,(H2,20,27)(H2,21,28)/t11?,12?,19-/m1/s1. The Labute approximate surface area is 162 Å². The highest BCUT2D eigenvalue weighted by Crippen LogP contribution is 2.50. The Balaban J connectivity index is 2.00. The zero-order valence-electron chi connectivity index (χ0n) is 15.4. The number of hydrogen-bond acceptors (Lipinski definition) is 7. The number of rotatable bonds is 5. The van der Waals surface area contributed by atoms with E-state index < -0.39 is 23.3 Å². The molecule has 5 N–H and O–H groups in total. The van der Waals surface area contributed by atoms with E-state index in [0.717, 1.165) is 5.69 Å². The molecule has 4 heterocycles. The summed E-state index contributed by atoms with van der Waals surface area (Å²) >= 11 is 0. The third-order valence-electron chi connectivity index (χ3n) is 5.67. The summed E-state index contributed by atoms with van der Waals surface area (Å²) in [6.45, 7) is 2.28. The van der Waals surface area contributed by atoms with Gasteiger partial charge >= 0.3 is 0 Å². The van der Waals surface area contributed by atoms with Crippen molar-refractivity contribution >= 4 is 29.1 Å². The third kappa shape index (κ3) is 2.43. The largest absolute Gasteiger partial charge is 0.396 e. The van der Waals surface area contributed by atoms with E-state index in [1.807, 2.05) is 24.0 Å². The van der Waals surface area contributed by atoms with Crippen LogP contribution in [0.15, 0.2) is 36.5 Å². The molecule has 1 saturated heterocycles. The maximum Gasteiger partial charge on any atom is 0.246 e. The highest BCUT2D eigenvalue weighted by molar-refractivity contribution is 6.02. The van der Waals surface area contributed by atoms with Gasteiger partial charge in [-0.2, -0.15) is 0 Å². The second-order valence-electron chi connectivity index (χ2n) is 7.31. The van der Waals surface area contributed by atoms with Crippen molar-refractivity contribution in [1.29, 1.82) is 0 Å². The van der Waals surface area contributed by atoms with E-state index in [2.05, 4.69) is 4.98 Å². The fourth-order valence-electron chi connectivity index (χ4n) is 4.16. The Morgan fingerprint density at radius 2 is 2.11 bits per heavy atom. The number of nitrogens with zero attached hydrogens (tertiary/aromatic N) is 4. The van der Waals surface area contributed by atoms with Gasteiger partial charge in [-0.3, -0.25) is 14.5 Å². The van der Waals surface area contributed by atoms with Crippen LogP contribution in [0, 0.1) is 5.92 Å². The van der Waals surface area contributed by atoms with Crippen molar-refractivity contribution in [1.82, 2.24) is 9.97 Å². The van der Waals surface area contributed by atoms with Gasteiger partial charge in [-0.25, -0.2) is 9.97 Å². The first-order valence-electron chi connectivity index (χ1n) is 9.07. The molecule has 0 aliphatic carbocycles. The summed E-state index contributed by atoms with van der Waals surface area (Å²) in [5.74, 6) is -1.33. The molecular formula is C19H22N6O3. The fourth-order valence-corrected chi connectivity index (χ4v) is 4.16. The summed E-state index contributed by atoms with van der Waals surface area (Å²) in [6.07, 6.45) is 1.60. The van der Waals surface area contributed by atoms with E-state index in [0.29, 0.717) is 17.3 Å². The van der Waals surface area contributed by atoms with Crippen LogP contribution in [0.5, 0.6) is 0 Å². The van der Waals surface area contributed by atoms with Gasteiger partial charge in [-0.1, -0.05) is 13.0 Å². The molecule has 2 bridgehead atoms. The third-order valence-corrected chi connectivity index (χ3v) is 5.67. The summed E-state index contributed by atoms with van der Waals surface area (Å²) < 4.78 is 0. The van der Waals surface area contributed by atoms with E-state index in [4.69, 9.17) is 16.5 Å². The molecule has 2 aliphatic heterocycles. The lowest BCUT2D eigenvalue weighted by atomic mass is 9.83. The van der Waals surface area contributed by atoms with E-state index in [1.165, 1.54) is 0 Å². The predicted octanol–water partition coefficient (Wildman–Crippen LogP) is -0.130. The first-order chi connectivity index (χ1) is 13.4. The molecule has 0 aromatic carbocycles. The van der Waals surface area contributed by atoms with Gasteiger partial charge in [0, 0.05) is 24.4 Å². The van der Waals surface area contributed by atoms with E-state index in [1.54, 1.807) is 29.3 Å². The Hall–Kier alpha value is -3.20. The Bertz CT molecular complexity index is 937. The van der Waals surface area contributed by atoms with Gasteiger partial charge in [-0.05, 0) is 24.3 Å². The van der Waals surface area contributed by atoms with Crippen molar-refractivity contribution in [3.8, 4) is 0 Å². The number of nitrogens with two attached hydrogens (primary N) is 2. The number of fused-ring (bicyclic) bond motifs is 4. The molecule has 1 fully saturated rings. The van der Waals surface area contributed by atoms with Crippen molar-refractivity contribution in [2.24, 2.45) is 17.4 Å². The normalized spacial score (nSPS) is 24.0. The minimum Gasteiger partial charge on any atom is -0.396 e. The lowest BCUT2D eigenvalue weighted by Gasteiger charge is -2.45. The number of amides is 2. The lowest BCUT2D eigenvalue weighted by Crippen LogP contribution is -2.65.